The first kappa shape index (κ1) is 14.2. The molecule has 0 saturated carbocycles. The maximum absolute atomic E-state index is 11.5. The molecule has 0 unspecified atom stereocenters. The predicted octanol–water partition coefficient (Wildman–Crippen LogP) is 1.15. The molecule has 0 aromatic carbocycles. The van der Waals surface area contributed by atoms with E-state index in [9.17, 15) is 4.79 Å². The fourth-order valence-corrected chi connectivity index (χ4v) is 1.36. The molecule has 6 nitrogen and oxygen atoms in total. The quantitative estimate of drug-likeness (QED) is 0.677. The fraction of sp³-hybridized carbons (Fsp3) is 0.583. The van der Waals surface area contributed by atoms with Crippen molar-refractivity contribution >= 4 is 17.7 Å². The zero-order valence-corrected chi connectivity index (χ0v) is 11.2. The molecule has 1 amide bonds. The van der Waals surface area contributed by atoms with Crippen LogP contribution in [0, 0.1) is 6.92 Å². The second-order valence-electron chi connectivity index (χ2n) is 3.96. The molecule has 100 valence electrons. The zero-order chi connectivity index (χ0) is 13.4. The summed E-state index contributed by atoms with van der Waals surface area (Å²) in [4.78, 5) is 19.9. The van der Waals surface area contributed by atoms with E-state index in [0.29, 0.717) is 18.3 Å². The van der Waals surface area contributed by atoms with Crippen LogP contribution in [-0.2, 0) is 4.79 Å². The molecule has 0 fully saturated rings. The summed E-state index contributed by atoms with van der Waals surface area (Å²) in [7, 11) is 0. The summed E-state index contributed by atoms with van der Waals surface area (Å²) in [6, 6.07) is 0. The molecule has 1 rings (SSSR count). The number of rotatable bonds is 7. The average molecular weight is 251 g/mol. The molecule has 1 aromatic rings. The fourth-order valence-electron chi connectivity index (χ4n) is 1.36. The van der Waals surface area contributed by atoms with Crippen molar-refractivity contribution in [3.8, 4) is 0 Å². The Morgan fingerprint density at radius 1 is 1.33 bits per heavy atom. The molecule has 1 heterocycles. The van der Waals surface area contributed by atoms with Gasteiger partial charge in [0.05, 0.1) is 6.54 Å². The standard InChI is InChI=1S/C12H21N5O/c1-4-6-14-10(18)8-15-11-9(3)7-16-12(17-11)13-5-2/h7H,4-6,8H2,1-3H3,(H,14,18)(H2,13,15,16,17). The van der Waals surface area contributed by atoms with E-state index in [-0.39, 0.29) is 12.5 Å². The second-order valence-corrected chi connectivity index (χ2v) is 3.96. The van der Waals surface area contributed by atoms with Gasteiger partial charge in [0, 0.05) is 24.8 Å². The molecule has 0 saturated heterocycles. The first-order valence-corrected chi connectivity index (χ1v) is 6.25. The van der Waals surface area contributed by atoms with Crippen LogP contribution in [0.4, 0.5) is 11.8 Å². The Bertz CT molecular complexity index is 394. The van der Waals surface area contributed by atoms with Crippen molar-refractivity contribution in [3.63, 3.8) is 0 Å². The third-order valence-corrected chi connectivity index (χ3v) is 2.30. The van der Waals surface area contributed by atoms with E-state index in [1.54, 1.807) is 6.20 Å². The Kier molecular flexibility index (Phi) is 5.90. The summed E-state index contributed by atoms with van der Waals surface area (Å²) >= 11 is 0. The number of nitrogens with zero attached hydrogens (tertiary/aromatic N) is 2. The summed E-state index contributed by atoms with van der Waals surface area (Å²) in [6.45, 7) is 7.59. The molecular formula is C12H21N5O. The lowest BCUT2D eigenvalue weighted by Gasteiger charge is -2.10. The average Bonchev–Trinajstić information content (AvgIpc) is 2.37. The highest BCUT2D eigenvalue weighted by Crippen LogP contribution is 2.11. The molecule has 18 heavy (non-hydrogen) atoms. The third kappa shape index (κ3) is 4.57. The summed E-state index contributed by atoms with van der Waals surface area (Å²) in [5, 5.41) is 8.85. The number of carbonyl (C=O) groups excluding carboxylic acids is 1. The van der Waals surface area contributed by atoms with Crippen LogP contribution in [0.15, 0.2) is 6.20 Å². The van der Waals surface area contributed by atoms with Gasteiger partial charge >= 0.3 is 0 Å². The van der Waals surface area contributed by atoms with Gasteiger partial charge in [-0.1, -0.05) is 6.92 Å². The number of aryl methyl sites for hydroxylation is 1. The van der Waals surface area contributed by atoms with Crippen molar-refractivity contribution in [3.05, 3.63) is 11.8 Å². The van der Waals surface area contributed by atoms with Crippen molar-refractivity contribution in [1.82, 2.24) is 15.3 Å². The van der Waals surface area contributed by atoms with Gasteiger partial charge in [-0.25, -0.2) is 4.98 Å². The third-order valence-electron chi connectivity index (χ3n) is 2.30. The first-order valence-electron chi connectivity index (χ1n) is 6.25. The SMILES string of the molecule is CCCNC(=O)CNc1nc(NCC)ncc1C. The maximum atomic E-state index is 11.5. The van der Waals surface area contributed by atoms with Crippen molar-refractivity contribution in [2.45, 2.75) is 27.2 Å². The Labute approximate surface area is 108 Å². The van der Waals surface area contributed by atoms with E-state index in [0.717, 1.165) is 18.5 Å². The summed E-state index contributed by atoms with van der Waals surface area (Å²) in [6.07, 6.45) is 2.67. The minimum atomic E-state index is -0.0279. The summed E-state index contributed by atoms with van der Waals surface area (Å²) in [5.41, 5.74) is 0.917. The van der Waals surface area contributed by atoms with Crippen LogP contribution in [0.5, 0.6) is 0 Å². The van der Waals surface area contributed by atoms with Crippen LogP contribution in [0.2, 0.25) is 0 Å². The molecule has 0 aliphatic heterocycles. The van der Waals surface area contributed by atoms with E-state index in [1.165, 1.54) is 0 Å². The van der Waals surface area contributed by atoms with Crippen molar-refractivity contribution in [1.29, 1.82) is 0 Å². The molecule has 0 bridgehead atoms. The van der Waals surface area contributed by atoms with Crippen molar-refractivity contribution in [2.24, 2.45) is 0 Å². The topological polar surface area (TPSA) is 78.9 Å². The molecule has 0 spiro atoms. The number of nitrogens with one attached hydrogen (secondary N) is 3. The molecule has 3 N–H and O–H groups in total. The van der Waals surface area contributed by atoms with Crippen LogP contribution < -0.4 is 16.0 Å². The lowest BCUT2D eigenvalue weighted by molar-refractivity contribution is -0.119. The Balaban J connectivity index is 2.55. The maximum Gasteiger partial charge on any atom is 0.239 e. The number of aromatic nitrogens is 2. The highest BCUT2D eigenvalue weighted by molar-refractivity contribution is 5.80. The normalized spacial score (nSPS) is 9.94. The minimum Gasteiger partial charge on any atom is -0.361 e. The lowest BCUT2D eigenvalue weighted by atomic mass is 10.3. The molecular weight excluding hydrogens is 230 g/mol. The van der Waals surface area contributed by atoms with Crippen LogP contribution >= 0.6 is 0 Å². The van der Waals surface area contributed by atoms with Crippen LogP contribution in [-0.4, -0.2) is 35.5 Å². The Morgan fingerprint density at radius 2 is 2.11 bits per heavy atom. The first-order chi connectivity index (χ1) is 8.67. The van der Waals surface area contributed by atoms with Crippen molar-refractivity contribution < 1.29 is 4.79 Å². The summed E-state index contributed by atoms with van der Waals surface area (Å²) in [5.74, 6) is 1.23. The van der Waals surface area contributed by atoms with Gasteiger partial charge in [-0.15, -0.1) is 0 Å². The number of carbonyl (C=O) groups is 1. The van der Waals surface area contributed by atoms with Crippen LogP contribution in [0.25, 0.3) is 0 Å². The monoisotopic (exact) mass is 251 g/mol. The number of hydrogen-bond acceptors (Lipinski definition) is 5. The largest absolute Gasteiger partial charge is 0.361 e. The van der Waals surface area contributed by atoms with Gasteiger partial charge in [0.1, 0.15) is 5.82 Å². The van der Waals surface area contributed by atoms with Crippen LogP contribution in [0.3, 0.4) is 0 Å². The molecule has 0 radical (unpaired) electrons. The van der Waals surface area contributed by atoms with Crippen molar-refractivity contribution in [2.75, 3.05) is 30.3 Å². The lowest BCUT2D eigenvalue weighted by Crippen LogP contribution is -2.30. The zero-order valence-electron chi connectivity index (χ0n) is 11.2. The van der Waals surface area contributed by atoms with E-state index in [4.69, 9.17) is 0 Å². The van der Waals surface area contributed by atoms with Crippen LogP contribution in [0.1, 0.15) is 25.8 Å². The Hall–Kier alpha value is -1.85. The molecule has 1 aromatic heterocycles. The van der Waals surface area contributed by atoms with E-state index >= 15 is 0 Å². The van der Waals surface area contributed by atoms with Gasteiger partial charge in [-0.3, -0.25) is 4.79 Å². The van der Waals surface area contributed by atoms with E-state index < -0.39 is 0 Å². The van der Waals surface area contributed by atoms with Gasteiger partial charge in [-0.05, 0) is 20.3 Å². The van der Waals surface area contributed by atoms with Gasteiger partial charge < -0.3 is 16.0 Å². The molecule has 6 heteroatoms. The summed E-state index contributed by atoms with van der Waals surface area (Å²) < 4.78 is 0. The number of amides is 1. The molecule has 0 aliphatic rings. The predicted molar refractivity (Wildman–Crippen MR) is 72.7 cm³/mol. The van der Waals surface area contributed by atoms with Gasteiger partial charge in [0.2, 0.25) is 11.9 Å². The minimum absolute atomic E-state index is 0.0279. The van der Waals surface area contributed by atoms with E-state index in [1.807, 2.05) is 20.8 Å². The second kappa shape index (κ2) is 7.47. The highest BCUT2D eigenvalue weighted by Gasteiger charge is 2.05. The molecule has 0 atom stereocenters. The van der Waals surface area contributed by atoms with Gasteiger partial charge in [0.25, 0.3) is 0 Å². The highest BCUT2D eigenvalue weighted by atomic mass is 16.1. The smallest absolute Gasteiger partial charge is 0.239 e. The van der Waals surface area contributed by atoms with Gasteiger partial charge in [-0.2, -0.15) is 4.98 Å². The number of hydrogen-bond donors (Lipinski definition) is 3. The van der Waals surface area contributed by atoms with E-state index in [2.05, 4.69) is 25.9 Å². The Morgan fingerprint density at radius 3 is 2.78 bits per heavy atom. The van der Waals surface area contributed by atoms with Gasteiger partial charge in [0.15, 0.2) is 0 Å². The number of anilines is 2. The molecule has 0 aliphatic carbocycles.